The Morgan fingerprint density at radius 3 is 2.48 bits per heavy atom. The van der Waals surface area contributed by atoms with Crippen molar-refractivity contribution in [3.05, 3.63) is 29.8 Å². The third kappa shape index (κ3) is 8.05. The number of ether oxygens (including phenoxy) is 1. The predicted molar refractivity (Wildman–Crippen MR) is 85.7 cm³/mol. The number of aliphatic hydroxyl groups excluding tert-OH is 2. The van der Waals surface area contributed by atoms with E-state index in [-0.39, 0.29) is 13.2 Å². The van der Waals surface area contributed by atoms with Crippen LogP contribution in [0.15, 0.2) is 24.3 Å². The Bertz CT molecular complexity index is 361. The Morgan fingerprint density at radius 1 is 1.14 bits per heavy atom. The van der Waals surface area contributed by atoms with Crippen LogP contribution in [0.5, 0.6) is 5.75 Å². The molecule has 1 rings (SSSR count). The first-order valence-electron chi connectivity index (χ1n) is 7.84. The molecule has 0 heterocycles. The maximum absolute atomic E-state index is 9.90. The van der Waals surface area contributed by atoms with Gasteiger partial charge < -0.3 is 20.3 Å². The SMILES string of the molecule is CCCC(CCO)CNCC(O)COc1ccc(C)cc1. The molecule has 0 spiro atoms. The molecule has 4 heteroatoms. The number of rotatable bonds is 11. The molecule has 1 aromatic carbocycles. The minimum Gasteiger partial charge on any atom is -0.491 e. The lowest BCUT2D eigenvalue weighted by atomic mass is 10.0. The molecule has 2 atom stereocenters. The molecule has 0 aliphatic heterocycles. The summed E-state index contributed by atoms with van der Waals surface area (Å²) in [5.41, 5.74) is 1.19. The number of nitrogens with one attached hydrogen (secondary N) is 1. The Labute approximate surface area is 128 Å². The number of benzene rings is 1. The van der Waals surface area contributed by atoms with Crippen molar-refractivity contribution in [2.75, 3.05) is 26.3 Å². The van der Waals surface area contributed by atoms with Crippen molar-refractivity contribution in [2.24, 2.45) is 5.92 Å². The van der Waals surface area contributed by atoms with Gasteiger partial charge >= 0.3 is 0 Å². The summed E-state index contributed by atoms with van der Waals surface area (Å²) < 4.78 is 5.55. The van der Waals surface area contributed by atoms with Crippen molar-refractivity contribution in [1.29, 1.82) is 0 Å². The van der Waals surface area contributed by atoms with Gasteiger partial charge in [-0.3, -0.25) is 0 Å². The Kier molecular flexibility index (Phi) is 9.06. The van der Waals surface area contributed by atoms with E-state index in [0.29, 0.717) is 12.5 Å². The molecule has 0 saturated heterocycles. The quantitative estimate of drug-likeness (QED) is 0.585. The molecular weight excluding hydrogens is 266 g/mol. The smallest absolute Gasteiger partial charge is 0.119 e. The maximum Gasteiger partial charge on any atom is 0.119 e. The van der Waals surface area contributed by atoms with E-state index in [9.17, 15) is 5.11 Å². The Balaban J connectivity index is 2.18. The van der Waals surface area contributed by atoms with Gasteiger partial charge in [-0.25, -0.2) is 0 Å². The number of hydrogen-bond acceptors (Lipinski definition) is 4. The van der Waals surface area contributed by atoms with Crippen LogP contribution < -0.4 is 10.1 Å². The van der Waals surface area contributed by atoms with E-state index in [0.717, 1.165) is 31.6 Å². The van der Waals surface area contributed by atoms with Crippen LogP contribution in [-0.4, -0.2) is 42.6 Å². The van der Waals surface area contributed by atoms with E-state index < -0.39 is 6.10 Å². The molecule has 0 bridgehead atoms. The van der Waals surface area contributed by atoms with Crippen molar-refractivity contribution >= 4 is 0 Å². The summed E-state index contributed by atoms with van der Waals surface area (Å²) in [5, 5.41) is 22.2. The van der Waals surface area contributed by atoms with E-state index in [1.807, 2.05) is 31.2 Å². The minimum absolute atomic E-state index is 0.228. The highest BCUT2D eigenvalue weighted by molar-refractivity contribution is 5.26. The molecule has 3 N–H and O–H groups in total. The Hall–Kier alpha value is -1.10. The minimum atomic E-state index is -0.525. The molecule has 0 aliphatic carbocycles. The van der Waals surface area contributed by atoms with Gasteiger partial charge in [-0.1, -0.05) is 31.0 Å². The van der Waals surface area contributed by atoms with Crippen LogP contribution in [-0.2, 0) is 0 Å². The molecule has 120 valence electrons. The van der Waals surface area contributed by atoms with E-state index in [1.54, 1.807) is 0 Å². The third-order valence-corrected chi connectivity index (χ3v) is 3.51. The molecular formula is C17H29NO3. The monoisotopic (exact) mass is 295 g/mol. The second-order valence-corrected chi connectivity index (χ2v) is 5.60. The van der Waals surface area contributed by atoms with Crippen LogP contribution in [0.25, 0.3) is 0 Å². The molecule has 0 amide bonds. The van der Waals surface area contributed by atoms with Crippen LogP contribution in [0.1, 0.15) is 31.7 Å². The van der Waals surface area contributed by atoms with E-state index in [4.69, 9.17) is 9.84 Å². The van der Waals surface area contributed by atoms with Gasteiger partial charge in [-0.2, -0.15) is 0 Å². The van der Waals surface area contributed by atoms with E-state index >= 15 is 0 Å². The van der Waals surface area contributed by atoms with Crippen LogP contribution in [0.3, 0.4) is 0 Å². The third-order valence-electron chi connectivity index (χ3n) is 3.51. The van der Waals surface area contributed by atoms with Gasteiger partial charge in [0.05, 0.1) is 0 Å². The van der Waals surface area contributed by atoms with Gasteiger partial charge in [0.2, 0.25) is 0 Å². The molecule has 0 fully saturated rings. The highest BCUT2D eigenvalue weighted by Gasteiger charge is 2.09. The lowest BCUT2D eigenvalue weighted by Crippen LogP contribution is -2.34. The lowest BCUT2D eigenvalue weighted by molar-refractivity contribution is 0.105. The maximum atomic E-state index is 9.90. The van der Waals surface area contributed by atoms with Gasteiger partial charge in [0, 0.05) is 13.2 Å². The summed E-state index contributed by atoms with van der Waals surface area (Å²) in [6, 6.07) is 7.80. The van der Waals surface area contributed by atoms with Crippen LogP contribution in [0, 0.1) is 12.8 Å². The molecule has 0 aromatic heterocycles. The van der Waals surface area contributed by atoms with Gasteiger partial charge in [-0.15, -0.1) is 0 Å². The molecule has 4 nitrogen and oxygen atoms in total. The van der Waals surface area contributed by atoms with Gasteiger partial charge in [0.1, 0.15) is 18.5 Å². The zero-order chi connectivity index (χ0) is 15.5. The summed E-state index contributed by atoms with van der Waals surface area (Å²) >= 11 is 0. The lowest BCUT2D eigenvalue weighted by Gasteiger charge is -2.18. The molecule has 1 aromatic rings. The van der Waals surface area contributed by atoms with Gasteiger partial charge in [0.15, 0.2) is 0 Å². The number of hydrogen-bond donors (Lipinski definition) is 3. The summed E-state index contributed by atoms with van der Waals surface area (Å²) in [4.78, 5) is 0. The Morgan fingerprint density at radius 2 is 1.86 bits per heavy atom. The number of aryl methyl sites for hydroxylation is 1. The van der Waals surface area contributed by atoms with Crippen molar-refractivity contribution in [3.63, 3.8) is 0 Å². The largest absolute Gasteiger partial charge is 0.491 e. The highest BCUT2D eigenvalue weighted by atomic mass is 16.5. The average molecular weight is 295 g/mol. The van der Waals surface area contributed by atoms with Crippen LogP contribution in [0.4, 0.5) is 0 Å². The fourth-order valence-corrected chi connectivity index (χ4v) is 2.28. The fraction of sp³-hybridized carbons (Fsp3) is 0.647. The van der Waals surface area contributed by atoms with E-state index in [1.165, 1.54) is 5.56 Å². The standard InChI is InChI=1S/C17H29NO3/c1-3-4-15(9-10-19)11-18-12-16(20)13-21-17-7-5-14(2)6-8-17/h5-8,15-16,18-20H,3-4,9-13H2,1-2H3. The second kappa shape index (κ2) is 10.6. The zero-order valence-corrected chi connectivity index (χ0v) is 13.2. The van der Waals surface area contributed by atoms with Gasteiger partial charge in [0.25, 0.3) is 0 Å². The first kappa shape index (κ1) is 18.0. The topological polar surface area (TPSA) is 61.7 Å². The molecule has 0 saturated carbocycles. The second-order valence-electron chi connectivity index (χ2n) is 5.60. The van der Waals surface area contributed by atoms with Crippen molar-refractivity contribution in [2.45, 2.75) is 39.2 Å². The van der Waals surface area contributed by atoms with Crippen LogP contribution >= 0.6 is 0 Å². The average Bonchev–Trinajstić information content (AvgIpc) is 2.47. The highest BCUT2D eigenvalue weighted by Crippen LogP contribution is 2.12. The fourth-order valence-electron chi connectivity index (χ4n) is 2.28. The first-order chi connectivity index (χ1) is 10.2. The summed E-state index contributed by atoms with van der Waals surface area (Å²) in [7, 11) is 0. The molecule has 21 heavy (non-hydrogen) atoms. The predicted octanol–water partition coefficient (Wildman–Crippen LogP) is 2.12. The van der Waals surface area contributed by atoms with Crippen molar-refractivity contribution in [3.8, 4) is 5.75 Å². The molecule has 0 aliphatic rings. The van der Waals surface area contributed by atoms with Crippen molar-refractivity contribution in [1.82, 2.24) is 5.32 Å². The van der Waals surface area contributed by atoms with Crippen molar-refractivity contribution < 1.29 is 14.9 Å². The number of aliphatic hydroxyl groups is 2. The molecule has 2 unspecified atom stereocenters. The summed E-state index contributed by atoms with van der Waals surface area (Å²) in [5.74, 6) is 1.26. The zero-order valence-electron chi connectivity index (χ0n) is 13.2. The normalized spacial score (nSPS) is 13.9. The van der Waals surface area contributed by atoms with E-state index in [2.05, 4.69) is 12.2 Å². The van der Waals surface area contributed by atoms with Gasteiger partial charge in [-0.05, 0) is 44.4 Å². The summed E-state index contributed by atoms with van der Waals surface area (Å²) in [6.45, 7) is 6.03. The van der Waals surface area contributed by atoms with Crippen LogP contribution in [0.2, 0.25) is 0 Å². The summed E-state index contributed by atoms with van der Waals surface area (Å²) in [6.07, 6.45) is 2.51. The molecule has 0 radical (unpaired) electrons. The first-order valence-corrected chi connectivity index (χ1v) is 7.84.